The van der Waals surface area contributed by atoms with Gasteiger partial charge in [-0.25, -0.2) is 0 Å². The number of halogens is 1. The van der Waals surface area contributed by atoms with Crippen LogP contribution >= 0.6 is 34.7 Å². The topological polar surface area (TPSA) is 102 Å². The van der Waals surface area contributed by atoms with Crippen molar-refractivity contribution < 1.29 is 24.2 Å². The van der Waals surface area contributed by atoms with Gasteiger partial charge in [-0.15, -0.1) is 10.2 Å². The highest BCUT2D eigenvalue weighted by Gasteiger charge is 2.48. The summed E-state index contributed by atoms with van der Waals surface area (Å²) < 4.78 is 12.1. The fraction of sp³-hybridized carbons (Fsp3) is 0.250. The van der Waals surface area contributed by atoms with E-state index in [4.69, 9.17) is 21.1 Å². The van der Waals surface area contributed by atoms with E-state index in [0.717, 1.165) is 18.4 Å². The largest absolute Gasteiger partial charge is 0.507 e. The molecule has 0 spiro atoms. The third-order valence-electron chi connectivity index (χ3n) is 6.73. The second-order valence-corrected chi connectivity index (χ2v) is 12.2. The Balaban J connectivity index is 1.53. The van der Waals surface area contributed by atoms with Gasteiger partial charge in [-0.3, -0.25) is 14.5 Å². The van der Waals surface area contributed by atoms with Crippen LogP contribution in [0.4, 0.5) is 5.13 Å². The van der Waals surface area contributed by atoms with Gasteiger partial charge in [-0.2, -0.15) is 0 Å². The first kappa shape index (κ1) is 30.6. The summed E-state index contributed by atoms with van der Waals surface area (Å²) in [5.41, 5.74) is 1.89. The molecule has 8 nitrogen and oxygen atoms in total. The molecule has 11 heteroatoms. The summed E-state index contributed by atoms with van der Waals surface area (Å²) in [6.07, 6.45) is 1.87. The van der Waals surface area contributed by atoms with Crippen LogP contribution < -0.4 is 14.4 Å². The van der Waals surface area contributed by atoms with Gasteiger partial charge in [0.05, 0.1) is 24.8 Å². The highest BCUT2D eigenvalue weighted by molar-refractivity contribution is 8.00. The van der Waals surface area contributed by atoms with E-state index < -0.39 is 17.7 Å². The summed E-state index contributed by atoms with van der Waals surface area (Å²) >= 11 is 8.94. The molecule has 0 radical (unpaired) electrons. The van der Waals surface area contributed by atoms with Crippen molar-refractivity contribution in [3.8, 4) is 11.5 Å². The van der Waals surface area contributed by atoms with Gasteiger partial charge in [-0.05, 0) is 66.9 Å². The van der Waals surface area contributed by atoms with Crippen LogP contribution in [-0.4, -0.2) is 40.2 Å². The number of hydrogen-bond donors (Lipinski definition) is 1. The van der Waals surface area contributed by atoms with E-state index in [1.165, 1.54) is 28.0 Å². The van der Waals surface area contributed by atoms with E-state index in [9.17, 15) is 14.7 Å². The average molecular weight is 636 g/mol. The number of carbonyl (C=O) groups is 2. The van der Waals surface area contributed by atoms with E-state index in [-0.39, 0.29) is 16.5 Å². The van der Waals surface area contributed by atoms with E-state index >= 15 is 0 Å². The van der Waals surface area contributed by atoms with Crippen molar-refractivity contribution in [2.75, 3.05) is 18.1 Å². The zero-order valence-corrected chi connectivity index (χ0v) is 26.0. The number of carbonyl (C=O) groups excluding carboxylic acids is 2. The number of ketones is 1. The van der Waals surface area contributed by atoms with Crippen molar-refractivity contribution in [1.82, 2.24) is 10.2 Å². The number of nitrogens with zero attached hydrogens (tertiary/aromatic N) is 3. The van der Waals surface area contributed by atoms with E-state index in [2.05, 4.69) is 17.1 Å². The van der Waals surface area contributed by atoms with Crippen molar-refractivity contribution in [1.29, 1.82) is 0 Å². The Morgan fingerprint density at radius 2 is 1.79 bits per heavy atom. The number of ether oxygens (including phenoxy) is 2. The number of Topliss-reactive ketones (excluding diaryl/α,β-unsaturated/α-hetero) is 1. The fourth-order valence-corrected chi connectivity index (χ4v) is 6.75. The summed E-state index contributed by atoms with van der Waals surface area (Å²) in [7, 11) is 0. The highest BCUT2D eigenvalue weighted by atomic mass is 35.5. The maximum Gasteiger partial charge on any atom is 0.301 e. The van der Waals surface area contributed by atoms with E-state index in [1.54, 1.807) is 42.5 Å². The lowest BCUT2D eigenvalue weighted by Crippen LogP contribution is -2.29. The molecule has 4 aromatic rings. The molecule has 1 unspecified atom stereocenters. The molecule has 1 N–H and O–H groups in total. The van der Waals surface area contributed by atoms with Gasteiger partial charge in [-0.1, -0.05) is 78.4 Å². The number of anilines is 1. The maximum absolute atomic E-state index is 13.6. The number of aliphatic hydroxyl groups is 1. The number of hydrogen-bond acceptors (Lipinski definition) is 9. The van der Waals surface area contributed by atoms with Crippen LogP contribution in [0.3, 0.4) is 0 Å². The smallest absolute Gasteiger partial charge is 0.301 e. The minimum Gasteiger partial charge on any atom is -0.507 e. The Labute approximate surface area is 263 Å². The molecular formula is C32H30ClN3O5S2. The Hall–Kier alpha value is -3.86. The Morgan fingerprint density at radius 3 is 2.53 bits per heavy atom. The summed E-state index contributed by atoms with van der Waals surface area (Å²) in [6, 6.07) is 20.5. The predicted octanol–water partition coefficient (Wildman–Crippen LogP) is 7.69. The number of aliphatic hydroxyl groups excluding tert-OH is 1. The highest BCUT2D eigenvalue weighted by Crippen LogP contribution is 2.44. The first-order chi connectivity index (χ1) is 20.9. The van der Waals surface area contributed by atoms with Crippen molar-refractivity contribution in [2.24, 2.45) is 0 Å². The van der Waals surface area contributed by atoms with Gasteiger partial charge >= 0.3 is 5.91 Å². The minimum atomic E-state index is -0.948. The fourth-order valence-electron chi connectivity index (χ4n) is 4.60. The van der Waals surface area contributed by atoms with Crippen molar-refractivity contribution >= 4 is 57.3 Å². The molecule has 1 aliphatic heterocycles. The third kappa shape index (κ3) is 6.87. The summed E-state index contributed by atoms with van der Waals surface area (Å²) in [4.78, 5) is 28.5. The number of rotatable bonds is 12. The molecule has 1 aromatic heterocycles. The molecule has 1 atom stereocenters. The lowest BCUT2D eigenvalue weighted by molar-refractivity contribution is -0.132. The molecular weight excluding hydrogens is 606 g/mol. The molecule has 3 aromatic carbocycles. The van der Waals surface area contributed by atoms with Crippen molar-refractivity contribution in [3.63, 3.8) is 0 Å². The van der Waals surface area contributed by atoms with Crippen LogP contribution in [-0.2, 0) is 15.3 Å². The molecule has 5 rings (SSSR count). The van der Waals surface area contributed by atoms with E-state index in [1.807, 2.05) is 37.3 Å². The van der Waals surface area contributed by atoms with Crippen LogP contribution in [0, 0.1) is 0 Å². The Bertz CT molecular complexity index is 1640. The first-order valence-electron chi connectivity index (χ1n) is 13.9. The third-order valence-corrected chi connectivity index (χ3v) is 9.21. The van der Waals surface area contributed by atoms with Gasteiger partial charge in [0.25, 0.3) is 5.78 Å². The van der Waals surface area contributed by atoms with Crippen LogP contribution in [0.5, 0.6) is 11.5 Å². The molecule has 43 heavy (non-hydrogen) atoms. The van der Waals surface area contributed by atoms with Crippen LogP contribution in [0.25, 0.3) is 5.76 Å². The van der Waals surface area contributed by atoms with E-state index in [0.29, 0.717) is 51.0 Å². The van der Waals surface area contributed by atoms with Crippen LogP contribution in [0.2, 0.25) is 5.02 Å². The number of benzene rings is 3. The molecule has 0 bridgehead atoms. The number of thioether (sulfide) groups is 1. The number of unbranched alkanes of at least 4 members (excludes halogenated alkanes) is 1. The van der Waals surface area contributed by atoms with Gasteiger partial charge in [0.2, 0.25) is 5.13 Å². The average Bonchev–Trinajstić information content (AvgIpc) is 3.59. The normalized spacial score (nSPS) is 16.1. The molecule has 1 aliphatic rings. The van der Waals surface area contributed by atoms with Gasteiger partial charge < -0.3 is 14.6 Å². The molecule has 1 amide bonds. The second-order valence-electron chi connectivity index (χ2n) is 9.63. The maximum atomic E-state index is 13.6. The monoisotopic (exact) mass is 635 g/mol. The second kappa shape index (κ2) is 14.1. The quantitative estimate of drug-likeness (QED) is 0.0422. The molecule has 222 valence electrons. The van der Waals surface area contributed by atoms with Crippen LogP contribution in [0.1, 0.15) is 49.4 Å². The number of aromatic nitrogens is 2. The number of amides is 1. The summed E-state index contributed by atoms with van der Waals surface area (Å²) in [5.74, 6) is -0.105. The predicted molar refractivity (Wildman–Crippen MR) is 170 cm³/mol. The van der Waals surface area contributed by atoms with Gasteiger partial charge in [0.15, 0.2) is 4.34 Å². The Morgan fingerprint density at radius 1 is 1.00 bits per heavy atom. The zero-order valence-electron chi connectivity index (χ0n) is 23.7. The zero-order chi connectivity index (χ0) is 30.3. The molecule has 2 heterocycles. The van der Waals surface area contributed by atoms with Crippen molar-refractivity contribution in [3.05, 3.63) is 100 Å². The lowest BCUT2D eigenvalue weighted by Gasteiger charge is -2.23. The SMILES string of the molecule is CCCCOc1cccc(C2/C(=C(\O)c3ccc(OCC)cc3)C(=O)C(=O)N2c2nnc(SCc3ccccc3Cl)s2)c1. The van der Waals surface area contributed by atoms with Gasteiger partial charge in [0.1, 0.15) is 17.3 Å². The lowest BCUT2D eigenvalue weighted by atomic mass is 9.95. The minimum absolute atomic E-state index is 0.0414. The molecule has 0 saturated carbocycles. The van der Waals surface area contributed by atoms with Crippen molar-refractivity contribution in [2.45, 2.75) is 42.8 Å². The summed E-state index contributed by atoms with van der Waals surface area (Å²) in [6.45, 7) is 4.99. The van der Waals surface area contributed by atoms with Crippen LogP contribution in [0.15, 0.2) is 82.7 Å². The molecule has 1 saturated heterocycles. The first-order valence-corrected chi connectivity index (χ1v) is 16.1. The molecule has 1 fully saturated rings. The molecule has 0 aliphatic carbocycles. The van der Waals surface area contributed by atoms with Gasteiger partial charge in [0, 0.05) is 16.3 Å². The summed E-state index contributed by atoms with van der Waals surface area (Å²) in [5, 5.41) is 20.9. The standard InChI is InChI=1S/C32H30ClN3O5S2/c1-3-5-17-41-24-11-8-10-21(18-24)27-26(28(37)20-13-15-23(16-14-20)40-4-2)29(38)30(39)36(27)31-34-35-32(43-31)42-19-22-9-6-7-12-25(22)33/h6-16,18,27,37H,3-5,17,19H2,1-2H3/b28-26+. The Kier molecular flexibility index (Phi) is 10.0.